The molecule has 1 aromatic carbocycles. The van der Waals surface area contributed by atoms with Crippen LogP contribution >= 0.6 is 11.3 Å². The van der Waals surface area contributed by atoms with Crippen molar-refractivity contribution in [2.75, 3.05) is 18.0 Å². The number of pyridine rings is 1. The monoisotopic (exact) mass is 502 g/mol. The zero-order chi connectivity index (χ0) is 25.2. The van der Waals surface area contributed by atoms with E-state index in [1.807, 2.05) is 67.4 Å². The van der Waals surface area contributed by atoms with Gasteiger partial charge in [-0.2, -0.15) is 0 Å². The molecule has 4 heterocycles. The van der Waals surface area contributed by atoms with Crippen LogP contribution in [-0.4, -0.2) is 46.7 Å². The summed E-state index contributed by atoms with van der Waals surface area (Å²) in [6.45, 7) is 5.01. The second kappa shape index (κ2) is 10.2. The average molecular weight is 503 g/mol. The summed E-state index contributed by atoms with van der Waals surface area (Å²) in [5.74, 6) is -0.167. The van der Waals surface area contributed by atoms with Crippen LogP contribution in [0.1, 0.15) is 67.8 Å². The summed E-state index contributed by atoms with van der Waals surface area (Å²) in [5.41, 5.74) is 3.30. The maximum absolute atomic E-state index is 13.6. The predicted octanol–water partition coefficient (Wildman–Crippen LogP) is 4.66. The lowest BCUT2D eigenvalue weighted by atomic mass is 9.94. The number of thiophene rings is 1. The molecule has 2 aromatic heterocycles. The van der Waals surface area contributed by atoms with Crippen molar-refractivity contribution in [3.8, 4) is 0 Å². The van der Waals surface area contributed by atoms with E-state index >= 15 is 0 Å². The van der Waals surface area contributed by atoms with E-state index in [0.29, 0.717) is 17.0 Å². The van der Waals surface area contributed by atoms with Crippen molar-refractivity contribution in [3.05, 3.63) is 81.3 Å². The average Bonchev–Trinajstić information content (AvgIpc) is 3.49. The van der Waals surface area contributed by atoms with Crippen LogP contribution in [0.3, 0.4) is 0 Å². The molecular formula is C28H30N4O3S. The number of aromatic nitrogens is 1. The minimum atomic E-state index is -0.248. The number of likely N-dealkylation sites (tertiary alicyclic amines) is 1. The zero-order valence-corrected chi connectivity index (χ0v) is 21.4. The first-order chi connectivity index (χ1) is 17.4. The quantitative estimate of drug-likeness (QED) is 0.550. The molecule has 5 rings (SSSR count). The topological polar surface area (TPSA) is 82.6 Å². The SMILES string of the molecule is Cc1ccc(C(=O)NC2CC(=O)N(c3ccc(C(=O)N4CCCCC4c4cccnc4)c(C)c3)C2)s1. The molecule has 2 unspecified atom stereocenters. The van der Waals surface area contributed by atoms with E-state index in [1.54, 1.807) is 11.1 Å². The summed E-state index contributed by atoms with van der Waals surface area (Å²) < 4.78 is 0. The highest BCUT2D eigenvalue weighted by atomic mass is 32.1. The second-order valence-electron chi connectivity index (χ2n) is 9.58. The Balaban J connectivity index is 1.29. The number of hydrogen-bond acceptors (Lipinski definition) is 5. The Bertz CT molecular complexity index is 1290. The van der Waals surface area contributed by atoms with Gasteiger partial charge in [0.15, 0.2) is 0 Å². The van der Waals surface area contributed by atoms with E-state index in [1.165, 1.54) is 11.3 Å². The van der Waals surface area contributed by atoms with E-state index in [2.05, 4.69) is 10.3 Å². The fraction of sp³-hybridized carbons (Fsp3) is 0.357. The third-order valence-corrected chi connectivity index (χ3v) is 8.01. The highest BCUT2D eigenvalue weighted by molar-refractivity contribution is 7.13. The lowest BCUT2D eigenvalue weighted by Gasteiger charge is -2.36. The molecule has 3 amide bonds. The first-order valence-electron chi connectivity index (χ1n) is 12.4. The van der Waals surface area contributed by atoms with Crippen LogP contribution in [-0.2, 0) is 4.79 Å². The van der Waals surface area contributed by atoms with Gasteiger partial charge in [0.05, 0.1) is 17.0 Å². The largest absolute Gasteiger partial charge is 0.346 e. The number of piperidine rings is 1. The van der Waals surface area contributed by atoms with Gasteiger partial charge in [-0.05, 0) is 80.6 Å². The number of hydrogen-bond donors (Lipinski definition) is 1. The molecule has 186 valence electrons. The van der Waals surface area contributed by atoms with E-state index < -0.39 is 0 Å². The molecule has 2 atom stereocenters. The molecule has 36 heavy (non-hydrogen) atoms. The van der Waals surface area contributed by atoms with Gasteiger partial charge in [-0.15, -0.1) is 11.3 Å². The number of nitrogens with one attached hydrogen (secondary N) is 1. The third-order valence-electron chi connectivity index (χ3n) is 7.01. The van der Waals surface area contributed by atoms with Gasteiger partial charge in [0.25, 0.3) is 11.8 Å². The van der Waals surface area contributed by atoms with Crippen molar-refractivity contribution >= 4 is 34.7 Å². The van der Waals surface area contributed by atoms with Crippen molar-refractivity contribution in [3.63, 3.8) is 0 Å². The van der Waals surface area contributed by atoms with Crippen LogP contribution in [0.25, 0.3) is 0 Å². The number of nitrogens with zero attached hydrogens (tertiary/aromatic N) is 3. The molecule has 3 aromatic rings. The lowest BCUT2D eigenvalue weighted by Crippen LogP contribution is -2.39. The normalized spacial score (nSPS) is 20.0. The smallest absolute Gasteiger partial charge is 0.261 e. The molecule has 2 fully saturated rings. The van der Waals surface area contributed by atoms with Crippen molar-refractivity contribution in [2.45, 2.75) is 51.6 Å². The summed E-state index contributed by atoms with van der Waals surface area (Å²) >= 11 is 1.44. The number of carbonyl (C=O) groups is 3. The minimum absolute atomic E-state index is 0.0109. The van der Waals surface area contributed by atoms with Crippen LogP contribution in [0.4, 0.5) is 5.69 Å². The predicted molar refractivity (Wildman–Crippen MR) is 140 cm³/mol. The molecule has 0 radical (unpaired) electrons. The third kappa shape index (κ3) is 4.91. The van der Waals surface area contributed by atoms with Crippen molar-refractivity contribution in [2.24, 2.45) is 0 Å². The number of carbonyl (C=O) groups excluding carboxylic acids is 3. The van der Waals surface area contributed by atoms with Gasteiger partial charge in [-0.25, -0.2) is 0 Å². The van der Waals surface area contributed by atoms with E-state index in [9.17, 15) is 14.4 Å². The van der Waals surface area contributed by atoms with Gasteiger partial charge in [-0.3, -0.25) is 19.4 Å². The summed E-state index contributed by atoms with van der Waals surface area (Å²) in [6.07, 6.45) is 6.85. The van der Waals surface area contributed by atoms with Crippen LogP contribution in [0.2, 0.25) is 0 Å². The minimum Gasteiger partial charge on any atom is -0.346 e. The van der Waals surface area contributed by atoms with Crippen LogP contribution in [0, 0.1) is 13.8 Å². The molecule has 0 spiro atoms. The van der Waals surface area contributed by atoms with Crippen LogP contribution in [0.5, 0.6) is 0 Å². The highest BCUT2D eigenvalue weighted by Crippen LogP contribution is 2.33. The number of benzene rings is 1. The van der Waals surface area contributed by atoms with Crippen LogP contribution in [0.15, 0.2) is 54.9 Å². The molecule has 0 bridgehead atoms. The molecule has 8 heteroatoms. The highest BCUT2D eigenvalue weighted by Gasteiger charge is 2.33. The summed E-state index contributed by atoms with van der Waals surface area (Å²) in [5, 5.41) is 2.99. The van der Waals surface area contributed by atoms with Crippen molar-refractivity contribution < 1.29 is 14.4 Å². The number of aryl methyl sites for hydroxylation is 2. The van der Waals surface area contributed by atoms with Gasteiger partial charge in [0, 0.05) is 48.0 Å². The molecule has 0 aliphatic carbocycles. The van der Waals surface area contributed by atoms with E-state index in [0.717, 1.165) is 47.5 Å². The first kappa shape index (κ1) is 24.2. The summed E-state index contributed by atoms with van der Waals surface area (Å²) in [7, 11) is 0. The molecule has 7 nitrogen and oxygen atoms in total. The Morgan fingerprint density at radius 2 is 1.97 bits per heavy atom. The second-order valence-corrected chi connectivity index (χ2v) is 10.9. The molecular weight excluding hydrogens is 472 g/mol. The maximum atomic E-state index is 13.6. The van der Waals surface area contributed by atoms with Gasteiger partial charge in [0.1, 0.15) is 0 Å². The van der Waals surface area contributed by atoms with Crippen LogP contribution < -0.4 is 10.2 Å². The zero-order valence-electron chi connectivity index (χ0n) is 20.6. The Labute approximate surface area is 215 Å². The molecule has 1 N–H and O–H groups in total. The van der Waals surface area contributed by atoms with Crippen molar-refractivity contribution in [1.82, 2.24) is 15.2 Å². The standard InChI is InChI=1S/C28H30N4O3S/c1-18-14-22(32-17-21(15-26(32)33)30-27(34)25-11-8-19(2)36-25)9-10-23(18)28(35)31-13-4-3-7-24(31)20-6-5-12-29-16-20/h5-6,8-12,14,16,21,24H,3-4,7,13,15,17H2,1-2H3,(H,30,34). The lowest BCUT2D eigenvalue weighted by molar-refractivity contribution is -0.117. The Kier molecular flexibility index (Phi) is 6.87. The number of rotatable bonds is 5. The Morgan fingerprint density at radius 3 is 2.69 bits per heavy atom. The van der Waals surface area contributed by atoms with Gasteiger partial charge >= 0.3 is 0 Å². The summed E-state index contributed by atoms with van der Waals surface area (Å²) in [6, 6.07) is 13.0. The van der Waals surface area contributed by atoms with Crippen molar-refractivity contribution in [1.29, 1.82) is 0 Å². The molecule has 2 saturated heterocycles. The van der Waals surface area contributed by atoms with E-state index in [4.69, 9.17) is 0 Å². The van der Waals surface area contributed by atoms with Gasteiger partial charge in [0.2, 0.25) is 5.91 Å². The molecule has 2 aliphatic heterocycles. The van der Waals surface area contributed by atoms with Gasteiger partial charge < -0.3 is 15.1 Å². The van der Waals surface area contributed by atoms with E-state index in [-0.39, 0.29) is 36.2 Å². The molecule has 2 aliphatic rings. The fourth-order valence-corrected chi connectivity index (χ4v) is 5.94. The molecule has 0 saturated carbocycles. The number of amides is 3. The number of anilines is 1. The fourth-order valence-electron chi connectivity index (χ4n) is 5.17. The summed E-state index contributed by atoms with van der Waals surface area (Å²) in [4.78, 5) is 48.5. The maximum Gasteiger partial charge on any atom is 0.261 e. The Hall–Kier alpha value is -3.52. The Morgan fingerprint density at radius 1 is 1.11 bits per heavy atom. The van der Waals surface area contributed by atoms with Gasteiger partial charge in [-0.1, -0.05) is 6.07 Å². The first-order valence-corrected chi connectivity index (χ1v) is 13.2.